The van der Waals surface area contributed by atoms with Crippen LogP contribution in [0, 0.1) is 6.92 Å². The van der Waals surface area contributed by atoms with E-state index in [0.29, 0.717) is 37.0 Å². The second-order valence-electron chi connectivity index (χ2n) is 6.38. The molecule has 1 aliphatic rings. The van der Waals surface area contributed by atoms with Crippen LogP contribution in [0.2, 0.25) is 5.02 Å². The summed E-state index contributed by atoms with van der Waals surface area (Å²) in [4.78, 5) is 14.2. The van der Waals surface area contributed by atoms with E-state index in [4.69, 9.17) is 16.3 Å². The highest BCUT2D eigenvalue weighted by Crippen LogP contribution is 2.22. The summed E-state index contributed by atoms with van der Waals surface area (Å²) in [6.07, 6.45) is 0.278. The maximum atomic E-state index is 12.5. The Labute approximate surface area is 164 Å². The molecule has 27 heavy (non-hydrogen) atoms. The fraction of sp³-hybridized carbons (Fsp3) is 0.316. The molecule has 1 heterocycles. The number of carbonyl (C=O) groups is 1. The second kappa shape index (κ2) is 8.29. The zero-order valence-electron chi connectivity index (χ0n) is 14.9. The molecule has 0 atom stereocenters. The lowest BCUT2D eigenvalue weighted by atomic mass is 10.1. The van der Waals surface area contributed by atoms with Crippen molar-refractivity contribution in [1.82, 2.24) is 4.90 Å². The topological polar surface area (TPSA) is 75.7 Å². The van der Waals surface area contributed by atoms with Crippen molar-refractivity contribution in [2.45, 2.75) is 18.2 Å². The van der Waals surface area contributed by atoms with Gasteiger partial charge < -0.3 is 9.64 Å². The van der Waals surface area contributed by atoms with Crippen LogP contribution in [0.25, 0.3) is 0 Å². The number of sulfonamides is 1. The van der Waals surface area contributed by atoms with Crippen molar-refractivity contribution in [3.63, 3.8) is 0 Å². The van der Waals surface area contributed by atoms with Crippen molar-refractivity contribution in [2.75, 3.05) is 31.0 Å². The van der Waals surface area contributed by atoms with Gasteiger partial charge in [-0.1, -0.05) is 29.8 Å². The van der Waals surface area contributed by atoms with Crippen LogP contribution in [0.15, 0.2) is 47.4 Å². The molecule has 1 saturated heterocycles. The smallest absolute Gasteiger partial charge is 0.261 e. The molecule has 0 bridgehead atoms. The summed E-state index contributed by atoms with van der Waals surface area (Å²) in [7, 11) is -3.73. The van der Waals surface area contributed by atoms with Crippen LogP contribution < -0.4 is 4.72 Å². The maximum Gasteiger partial charge on any atom is 0.261 e. The van der Waals surface area contributed by atoms with Gasteiger partial charge in [0.05, 0.1) is 24.5 Å². The van der Waals surface area contributed by atoms with Gasteiger partial charge in [0.15, 0.2) is 0 Å². The molecule has 1 fully saturated rings. The molecule has 0 aliphatic carbocycles. The lowest BCUT2D eigenvalue weighted by molar-refractivity contribution is -0.134. The highest BCUT2D eigenvalue weighted by molar-refractivity contribution is 7.92. The van der Waals surface area contributed by atoms with E-state index in [1.165, 1.54) is 12.1 Å². The summed E-state index contributed by atoms with van der Waals surface area (Å²) in [5.74, 6) is 0.0425. The Hall–Kier alpha value is -2.09. The first kappa shape index (κ1) is 19.7. The molecule has 8 heteroatoms. The van der Waals surface area contributed by atoms with Crippen molar-refractivity contribution in [3.8, 4) is 0 Å². The van der Waals surface area contributed by atoms with Gasteiger partial charge in [0.1, 0.15) is 0 Å². The van der Waals surface area contributed by atoms with Gasteiger partial charge in [-0.15, -0.1) is 0 Å². The normalized spacial score (nSPS) is 14.8. The Morgan fingerprint density at radius 2 is 1.81 bits per heavy atom. The number of nitrogens with one attached hydrogen (secondary N) is 1. The Kier molecular flexibility index (Phi) is 6.04. The average molecular weight is 409 g/mol. The number of benzene rings is 2. The second-order valence-corrected chi connectivity index (χ2v) is 8.47. The number of nitrogens with zero attached hydrogens (tertiary/aromatic N) is 1. The molecule has 0 spiro atoms. The molecule has 3 rings (SSSR count). The van der Waals surface area contributed by atoms with Gasteiger partial charge in [-0.05, 0) is 42.3 Å². The first-order valence-corrected chi connectivity index (χ1v) is 10.4. The molecule has 0 radical (unpaired) electrons. The van der Waals surface area contributed by atoms with E-state index in [2.05, 4.69) is 4.72 Å². The highest BCUT2D eigenvalue weighted by Gasteiger charge is 2.18. The van der Waals surface area contributed by atoms with Gasteiger partial charge in [-0.2, -0.15) is 0 Å². The van der Waals surface area contributed by atoms with Crippen molar-refractivity contribution in [2.24, 2.45) is 0 Å². The molecule has 6 nitrogen and oxygen atoms in total. The SMILES string of the molecule is Cc1ccc(S(=O)(=O)Nc2ccc(CC(=O)N3CCOCC3)cc2)cc1Cl. The van der Waals surface area contributed by atoms with Gasteiger partial charge >= 0.3 is 0 Å². The summed E-state index contributed by atoms with van der Waals surface area (Å²) >= 11 is 6.02. The van der Waals surface area contributed by atoms with E-state index < -0.39 is 10.0 Å². The molecule has 1 amide bonds. The fourth-order valence-electron chi connectivity index (χ4n) is 2.74. The molecule has 0 saturated carbocycles. The van der Waals surface area contributed by atoms with Crippen LogP contribution in [0.5, 0.6) is 0 Å². The van der Waals surface area contributed by atoms with Crippen LogP contribution >= 0.6 is 11.6 Å². The standard InChI is InChI=1S/C19H21ClN2O4S/c1-14-2-7-17(13-18(14)20)27(24,25)21-16-5-3-15(4-6-16)12-19(23)22-8-10-26-11-9-22/h2-7,13,21H,8-12H2,1H3. The van der Waals surface area contributed by atoms with E-state index in [9.17, 15) is 13.2 Å². The lowest BCUT2D eigenvalue weighted by Crippen LogP contribution is -2.41. The molecule has 0 aromatic heterocycles. The molecule has 1 aliphatic heterocycles. The summed E-state index contributed by atoms with van der Waals surface area (Å²) in [5, 5.41) is 0.398. The number of hydrogen-bond donors (Lipinski definition) is 1. The summed E-state index contributed by atoms with van der Waals surface area (Å²) in [6.45, 7) is 4.15. The van der Waals surface area contributed by atoms with Crippen LogP contribution in [0.4, 0.5) is 5.69 Å². The number of aryl methyl sites for hydroxylation is 1. The Balaban J connectivity index is 1.66. The van der Waals surface area contributed by atoms with E-state index in [1.807, 2.05) is 6.92 Å². The Morgan fingerprint density at radius 1 is 1.15 bits per heavy atom. The van der Waals surface area contributed by atoms with Gasteiger partial charge in [0.25, 0.3) is 10.0 Å². The van der Waals surface area contributed by atoms with Gasteiger partial charge in [0.2, 0.25) is 5.91 Å². The first-order chi connectivity index (χ1) is 12.8. The number of anilines is 1. The van der Waals surface area contributed by atoms with Crippen LogP contribution in [0.3, 0.4) is 0 Å². The molecule has 0 unspecified atom stereocenters. The van der Waals surface area contributed by atoms with Crippen molar-refractivity contribution >= 4 is 33.2 Å². The van der Waals surface area contributed by atoms with Gasteiger partial charge in [0, 0.05) is 23.8 Å². The third-order valence-electron chi connectivity index (χ3n) is 4.38. The van der Waals surface area contributed by atoms with Gasteiger partial charge in [-0.25, -0.2) is 8.42 Å². The highest BCUT2D eigenvalue weighted by atomic mass is 35.5. The number of morpholine rings is 1. The first-order valence-electron chi connectivity index (χ1n) is 8.58. The molecular weight excluding hydrogens is 388 g/mol. The fourth-order valence-corrected chi connectivity index (χ4v) is 4.07. The molecule has 2 aromatic rings. The van der Waals surface area contributed by atoms with Crippen molar-refractivity contribution in [3.05, 3.63) is 58.6 Å². The van der Waals surface area contributed by atoms with E-state index in [0.717, 1.165) is 11.1 Å². The zero-order chi connectivity index (χ0) is 19.4. The molecule has 144 valence electrons. The summed E-state index contributed by atoms with van der Waals surface area (Å²) in [5.41, 5.74) is 2.06. The minimum Gasteiger partial charge on any atom is -0.378 e. The third kappa shape index (κ3) is 5.00. The number of rotatable bonds is 5. The lowest BCUT2D eigenvalue weighted by Gasteiger charge is -2.26. The van der Waals surface area contributed by atoms with Crippen molar-refractivity contribution < 1.29 is 17.9 Å². The summed E-state index contributed by atoms with van der Waals surface area (Å²) in [6, 6.07) is 11.4. The molecular formula is C19H21ClN2O4S. The number of amides is 1. The Bertz CT molecular complexity index is 923. The number of carbonyl (C=O) groups excluding carboxylic acids is 1. The average Bonchev–Trinajstić information content (AvgIpc) is 2.66. The van der Waals surface area contributed by atoms with Crippen LogP contribution in [-0.4, -0.2) is 45.5 Å². The largest absolute Gasteiger partial charge is 0.378 e. The predicted molar refractivity (Wildman–Crippen MR) is 105 cm³/mol. The van der Waals surface area contributed by atoms with Crippen LogP contribution in [-0.2, 0) is 26.0 Å². The third-order valence-corrected chi connectivity index (χ3v) is 6.17. The minimum atomic E-state index is -3.73. The zero-order valence-corrected chi connectivity index (χ0v) is 16.5. The molecule has 2 aromatic carbocycles. The number of ether oxygens (including phenoxy) is 1. The van der Waals surface area contributed by atoms with Crippen LogP contribution in [0.1, 0.15) is 11.1 Å². The minimum absolute atomic E-state index is 0.0425. The Morgan fingerprint density at radius 3 is 2.44 bits per heavy atom. The van der Waals surface area contributed by atoms with E-state index >= 15 is 0 Å². The number of hydrogen-bond acceptors (Lipinski definition) is 4. The molecule has 1 N–H and O–H groups in total. The van der Waals surface area contributed by atoms with Crippen molar-refractivity contribution in [1.29, 1.82) is 0 Å². The summed E-state index contributed by atoms with van der Waals surface area (Å²) < 4.78 is 32.8. The maximum absolute atomic E-state index is 12.5. The quantitative estimate of drug-likeness (QED) is 0.825. The number of halogens is 1. The predicted octanol–water partition coefficient (Wildman–Crippen LogP) is 2.85. The monoisotopic (exact) mass is 408 g/mol. The van der Waals surface area contributed by atoms with E-state index in [-0.39, 0.29) is 17.2 Å². The van der Waals surface area contributed by atoms with E-state index in [1.54, 1.807) is 35.2 Å². The van der Waals surface area contributed by atoms with Gasteiger partial charge in [-0.3, -0.25) is 9.52 Å².